The van der Waals surface area contributed by atoms with Gasteiger partial charge in [-0.2, -0.15) is 0 Å². The maximum Gasteiger partial charge on any atom is 0.291 e. The van der Waals surface area contributed by atoms with Crippen LogP contribution in [0.2, 0.25) is 0 Å². The first kappa shape index (κ1) is 13.7. The molecule has 2 aromatic heterocycles. The maximum absolute atomic E-state index is 12.0. The second kappa shape index (κ2) is 5.61. The van der Waals surface area contributed by atoms with Gasteiger partial charge in [-0.3, -0.25) is 9.89 Å². The van der Waals surface area contributed by atoms with Gasteiger partial charge in [-0.25, -0.2) is 9.97 Å². The SMILES string of the molecule is CC(C)c1nc(C(=O)NCc2nc3ccccc3s2)n[nH]1. The topological polar surface area (TPSA) is 83.6 Å². The van der Waals surface area contributed by atoms with Crippen molar-refractivity contribution in [1.82, 2.24) is 25.5 Å². The molecule has 0 spiro atoms. The summed E-state index contributed by atoms with van der Waals surface area (Å²) in [6, 6.07) is 7.90. The van der Waals surface area contributed by atoms with Gasteiger partial charge in [0.15, 0.2) is 0 Å². The molecule has 0 fully saturated rings. The van der Waals surface area contributed by atoms with E-state index < -0.39 is 0 Å². The minimum absolute atomic E-state index is 0.166. The molecule has 3 aromatic rings. The zero-order valence-corrected chi connectivity index (χ0v) is 12.6. The molecule has 21 heavy (non-hydrogen) atoms. The lowest BCUT2D eigenvalue weighted by Crippen LogP contribution is -2.24. The molecule has 0 bridgehead atoms. The summed E-state index contributed by atoms with van der Waals surface area (Å²) in [5.41, 5.74) is 0.951. The van der Waals surface area contributed by atoms with Gasteiger partial charge in [0, 0.05) is 5.92 Å². The highest BCUT2D eigenvalue weighted by Gasteiger charge is 2.14. The Kier molecular flexibility index (Phi) is 3.66. The lowest BCUT2D eigenvalue weighted by Gasteiger charge is -1.98. The van der Waals surface area contributed by atoms with Crippen LogP contribution in [-0.4, -0.2) is 26.1 Å². The fourth-order valence-corrected chi connectivity index (χ4v) is 2.77. The van der Waals surface area contributed by atoms with Gasteiger partial charge in [-0.15, -0.1) is 16.4 Å². The van der Waals surface area contributed by atoms with Gasteiger partial charge in [0.2, 0.25) is 5.82 Å². The monoisotopic (exact) mass is 301 g/mol. The van der Waals surface area contributed by atoms with E-state index in [-0.39, 0.29) is 17.6 Å². The molecule has 0 saturated carbocycles. The predicted molar refractivity (Wildman–Crippen MR) is 81.3 cm³/mol. The van der Waals surface area contributed by atoms with Gasteiger partial charge in [0.25, 0.3) is 5.91 Å². The van der Waals surface area contributed by atoms with Crippen LogP contribution in [0, 0.1) is 0 Å². The fourth-order valence-electron chi connectivity index (χ4n) is 1.86. The average Bonchev–Trinajstić information content (AvgIpc) is 3.11. The van der Waals surface area contributed by atoms with Crippen LogP contribution in [0.25, 0.3) is 10.2 Å². The standard InChI is InChI=1S/C14H15N5OS/c1-8(2)12-17-13(19-18-12)14(20)15-7-11-16-9-5-3-4-6-10(9)21-11/h3-6,8H,7H2,1-2H3,(H,15,20)(H,17,18,19). The highest BCUT2D eigenvalue weighted by molar-refractivity contribution is 7.18. The Morgan fingerprint density at radius 1 is 1.33 bits per heavy atom. The first-order valence-electron chi connectivity index (χ1n) is 6.68. The van der Waals surface area contributed by atoms with Crippen molar-refractivity contribution < 1.29 is 4.79 Å². The molecule has 1 amide bonds. The van der Waals surface area contributed by atoms with E-state index in [0.29, 0.717) is 12.4 Å². The first-order chi connectivity index (χ1) is 10.1. The second-order valence-electron chi connectivity index (χ2n) is 4.96. The Hall–Kier alpha value is -2.28. The van der Waals surface area contributed by atoms with Crippen LogP contribution in [0.15, 0.2) is 24.3 Å². The first-order valence-corrected chi connectivity index (χ1v) is 7.50. The molecule has 0 saturated heterocycles. The number of hydrogen-bond donors (Lipinski definition) is 2. The van der Waals surface area contributed by atoms with Crippen LogP contribution >= 0.6 is 11.3 Å². The van der Waals surface area contributed by atoms with Crippen LogP contribution < -0.4 is 5.32 Å². The van der Waals surface area contributed by atoms with E-state index in [1.807, 2.05) is 38.1 Å². The number of aromatic amines is 1. The number of nitrogens with one attached hydrogen (secondary N) is 2. The number of thiazole rings is 1. The van der Waals surface area contributed by atoms with E-state index in [1.54, 1.807) is 11.3 Å². The Morgan fingerprint density at radius 2 is 2.14 bits per heavy atom. The fraction of sp³-hybridized carbons (Fsp3) is 0.286. The molecule has 3 rings (SSSR count). The largest absolute Gasteiger partial charge is 0.343 e. The van der Waals surface area contributed by atoms with Crippen molar-refractivity contribution in [2.24, 2.45) is 0 Å². The lowest BCUT2D eigenvalue weighted by molar-refractivity contribution is 0.0941. The molecule has 0 aliphatic carbocycles. The third-order valence-electron chi connectivity index (χ3n) is 2.99. The Balaban J connectivity index is 1.67. The van der Waals surface area contributed by atoms with Crippen LogP contribution in [0.5, 0.6) is 0 Å². The highest BCUT2D eigenvalue weighted by atomic mass is 32.1. The minimum Gasteiger partial charge on any atom is -0.343 e. The Bertz CT molecular complexity index is 743. The molecular formula is C14H15N5OS. The molecule has 2 heterocycles. The summed E-state index contributed by atoms with van der Waals surface area (Å²) >= 11 is 1.57. The van der Waals surface area contributed by atoms with Gasteiger partial charge < -0.3 is 5.32 Å². The van der Waals surface area contributed by atoms with Crippen molar-refractivity contribution in [2.45, 2.75) is 26.3 Å². The molecule has 0 aliphatic heterocycles. The van der Waals surface area contributed by atoms with Gasteiger partial charge in [-0.1, -0.05) is 26.0 Å². The predicted octanol–water partition coefficient (Wildman–Crippen LogP) is 2.47. The quantitative estimate of drug-likeness (QED) is 0.775. The number of fused-ring (bicyclic) bond motifs is 1. The molecule has 108 valence electrons. The second-order valence-corrected chi connectivity index (χ2v) is 6.07. The van der Waals surface area contributed by atoms with Gasteiger partial charge in [0.05, 0.1) is 16.8 Å². The molecule has 0 unspecified atom stereocenters. The third-order valence-corrected chi connectivity index (χ3v) is 4.03. The molecule has 6 nitrogen and oxygen atoms in total. The number of rotatable bonds is 4. The summed E-state index contributed by atoms with van der Waals surface area (Å²) in [5.74, 6) is 0.792. The number of para-hydroxylation sites is 1. The summed E-state index contributed by atoms with van der Waals surface area (Å²) in [6.45, 7) is 4.36. The maximum atomic E-state index is 12.0. The van der Waals surface area contributed by atoms with Gasteiger partial charge >= 0.3 is 0 Å². The summed E-state index contributed by atoms with van der Waals surface area (Å²) in [7, 11) is 0. The van der Waals surface area contributed by atoms with Crippen molar-refractivity contribution in [3.63, 3.8) is 0 Å². The zero-order chi connectivity index (χ0) is 14.8. The van der Waals surface area contributed by atoms with E-state index in [0.717, 1.165) is 15.2 Å². The van der Waals surface area contributed by atoms with Gasteiger partial charge in [0.1, 0.15) is 10.8 Å². The summed E-state index contributed by atoms with van der Waals surface area (Å²) < 4.78 is 1.11. The van der Waals surface area contributed by atoms with E-state index >= 15 is 0 Å². The normalized spacial score (nSPS) is 11.2. The number of nitrogens with zero attached hydrogens (tertiary/aromatic N) is 3. The Morgan fingerprint density at radius 3 is 2.86 bits per heavy atom. The number of hydrogen-bond acceptors (Lipinski definition) is 5. The lowest BCUT2D eigenvalue weighted by atomic mass is 10.2. The van der Waals surface area contributed by atoms with Crippen molar-refractivity contribution in [3.05, 3.63) is 40.9 Å². The van der Waals surface area contributed by atoms with E-state index in [4.69, 9.17) is 0 Å². The van der Waals surface area contributed by atoms with Crippen molar-refractivity contribution in [2.75, 3.05) is 0 Å². The zero-order valence-electron chi connectivity index (χ0n) is 11.8. The number of amides is 1. The van der Waals surface area contributed by atoms with Crippen LogP contribution in [-0.2, 0) is 6.54 Å². The number of carbonyl (C=O) groups excluding carboxylic acids is 1. The van der Waals surface area contributed by atoms with Crippen molar-refractivity contribution in [1.29, 1.82) is 0 Å². The molecule has 0 atom stereocenters. The molecule has 0 radical (unpaired) electrons. The van der Waals surface area contributed by atoms with Crippen LogP contribution in [0.4, 0.5) is 0 Å². The summed E-state index contributed by atoms with van der Waals surface area (Å²) in [4.78, 5) is 20.6. The summed E-state index contributed by atoms with van der Waals surface area (Å²) in [6.07, 6.45) is 0. The molecule has 1 aromatic carbocycles. The molecular weight excluding hydrogens is 286 g/mol. The van der Waals surface area contributed by atoms with Crippen molar-refractivity contribution >= 4 is 27.5 Å². The average molecular weight is 301 g/mol. The molecule has 7 heteroatoms. The number of aromatic nitrogens is 4. The van der Waals surface area contributed by atoms with Crippen LogP contribution in [0.3, 0.4) is 0 Å². The third kappa shape index (κ3) is 2.92. The van der Waals surface area contributed by atoms with E-state index in [2.05, 4.69) is 25.5 Å². The number of benzene rings is 1. The molecule has 2 N–H and O–H groups in total. The van der Waals surface area contributed by atoms with E-state index in [1.165, 1.54) is 0 Å². The smallest absolute Gasteiger partial charge is 0.291 e. The number of carbonyl (C=O) groups is 1. The Labute approximate surface area is 125 Å². The van der Waals surface area contributed by atoms with Crippen LogP contribution in [0.1, 0.15) is 41.2 Å². The number of H-pyrrole nitrogens is 1. The van der Waals surface area contributed by atoms with Gasteiger partial charge in [-0.05, 0) is 12.1 Å². The minimum atomic E-state index is -0.294. The van der Waals surface area contributed by atoms with E-state index in [9.17, 15) is 4.79 Å². The summed E-state index contributed by atoms with van der Waals surface area (Å²) in [5, 5.41) is 10.4. The highest BCUT2D eigenvalue weighted by Crippen LogP contribution is 2.21. The molecule has 0 aliphatic rings. The van der Waals surface area contributed by atoms with Crippen molar-refractivity contribution in [3.8, 4) is 0 Å².